The maximum absolute atomic E-state index is 12.5. The lowest BCUT2D eigenvalue weighted by atomic mass is 9.82. The number of anilines is 1. The Balaban J connectivity index is 1.55. The fourth-order valence-corrected chi connectivity index (χ4v) is 4.03. The average Bonchev–Trinajstić information content (AvgIpc) is 3.15. The summed E-state index contributed by atoms with van der Waals surface area (Å²) in [5.41, 5.74) is 6.76. The molecule has 1 aliphatic carbocycles. The zero-order valence-electron chi connectivity index (χ0n) is 15.9. The molecule has 1 heterocycles. The summed E-state index contributed by atoms with van der Waals surface area (Å²) in [5, 5.41) is 3.11. The molecule has 6 heteroatoms. The number of carbonyl (C=O) groups excluding carboxylic acids is 1. The summed E-state index contributed by atoms with van der Waals surface area (Å²) >= 11 is 0. The van der Waals surface area contributed by atoms with Crippen molar-refractivity contribution in [1.29, 1.82) is 0 Å². The number of ether oxygens (including phenoxy) is 2. The number of nitrogens with one attached hydrogen (secondary N) is 1. The minimum atomic E-state index is -0.656. The Hall–Kier alpha value is -1.95. The Labute approximate surface area is 156 Å². The van der Waals surface area contributed by atoms with Crippen molar-refractivity contribution in [2.75, 3.05) is 38.8 Å². The highest BCUT2D eigenvalue weighted by molar-refractivity contribution is 5.86. The Morgan fingerprint density at radius 2 is 1.85 bits per heavy atom. The lowest BCUT2D eigenvalue weighted by molar-refractivity contribution is -0.127. The van der Waals surface area contributed by atoms with Gasteiger partial charge in [0.1, 0.15) is 11.5 Å². The average molecular weight is 361 g/mol. The number of amides is 1. The van der Waals surface area contributed by atoms with Gasteiger partial charge in [-0.3, -0.25) is 4.79 Å². The van der Waals surface area contributed by atoms with Crippen LogP contribution < -0.4 is 25.4 Å². The highest BCUT2D eigenvalue weighted by Gasteiger charge is 2.35. The van der Waals surface area contributed by atoms with Gasteiger partial charge in [-0.2, -0.15) is 0 Å². The number of hydrogen-bond acceptors (Lipinski definition) is 5. The van der Waals surface area contributed by atoms with Gasteiger partial charge in [0.05, 0.1) is 19.8 Å². The van der Waals surface area contributed by atoms with E-state index in [1.54, 1.807) is 14.2 Å². The second kappa shape index (κ2) is 8.16. The molecule has 1 saturated heterocycles. The van der Waals surface area contributed by atoms with Gasteiger partial charge in [0.15, 0.2) is 0 Å². The molecule has 1 atom stereocenters. The Morgan fingerprint density at radius 3 is 2.46 bits per heavy atom. The van der Waals surface area contributed by atoms with Crippen LogP contribution in [0.1, 0.15) is 38.5 Å². The molecule has 1 unspecified atom stereocenters. The van der Waals surface area contributed by atoms with Crippen LogP contribution in [0.15, 0.2) is 18.2 Å². The van der Waals surface area contributed by atoms with Crippen molar-refractivity contribution < 1.29 is 14.3 Å². The van der Waals surface area contributed by atoms with Crippen LogP contribution in [0.25, 0.3) is 0 Å². The Morgan fingerprint density at radius 1 is 1.19 bits per heavy atom. The molecule has 0 aromatic heterocycles. The van der Waals surface area contributed by atoms with Gasteiger partial charge >= 0.3 is 0 Å². The monoisotopic (exact) mass is 361 g/mol. The summed E-state index contributed by atoms with van der Waals surface area (Å²) in [6, 6.07) is 5.93. The maximum atomic E-state index is 12.5. The summed E-state index contributed by atoms with van der Waals surface area (Å²) in [7, 11) is 3.32. The fourth-order valence-electron chi connectivity index (χ4n) is 4.03. The molecule has 2 aliphatic rings. The molecule has 0 radical (unpaired) electrons. The number of rotatable bonds is 6. The Bertz CT molecular complexity index is 606. The van der Waals surface area contributed by atoms with Crippen LogP contribution >= 0.6 is 0 Å². The highest BCUT2D eigenvalue weighted by atomic mass is 16.5. The van der Waals surface area contributed by atoms with Crippen LogP contribution in [-0.2, 0) is 4.79 Å². The number of nitrogens with zero attached hydrogens (tertiary/aromatic N) is 1. The van der Waals surface area contributed by atoms with Crippen molar-refractivity contribution in [2.45, 2.75) is 44.1 Å². The first kappa shape index (κ1) is 18.8. The van der Waals surface area contributed by atoms with Crippen LogP contribution in [-0.4, -0.2) is 45.3 Å². The summed E-state index contributed by atoms with van der Waals surface area (Å²) in [5.74, 6) is 2.04. The zero-order valence-corrected chi connectivity index (χ0v) is 15.9. The van der Waals surface area contributed by atoms with Crippen LogP contribution in [0.2, 0.25) is 0 Å². The van der Waals surface area contributed by atoms with E-state index in [9.17, 15) is 4.79 Å². The molecule has 0 bridgehead atoms. The quantitative estimate of drug-likeness (QED) is 0.813. The first-order valence-corrected chi connectivity index (χ1v) is 9.59. The number of methoxy groups -OCH3 is 2. The fraction of sp³-hybridized carbons (Fsp3) is 0.650. The zero-order chi connectivity index (χ0) is 18.6. The van der Waals surface area contributed by atoms with Gasteiger partial charge in [-0.15, -0.1) is 0 Å². The lowest BCUT2D eigenvalue weighted by Gasteiger charge is -2.32. The second-order valence-corrected chi connectivity index (χ2v) is 7.60. The molecule has 1 aromatic carbocycles. The summed E-state index contributed by atoms with van der Waals surface area (Å²) < 4.78 is 10.7. The summed E-state index contributed by atoms with van der Waals surface area (Å²) in [6.07, 6.45) is 5.96. The molecule has 1 amide bonds. The topological polar surface area (TPSA) is 76.8 Å². The van der Waals surface area contributed by atoms with Gasteiger partial charge in [-0.05, 0) is 25.2 Å². The lowest BCUT2D eigenvalue weighted by Crippen LogP contribution is -2.55. The van der Waals surface area contributed by atoms with Crippen LogP contribution in [0, 0.1) is 5.92 Å². The van der Waals surface area contributed by atoms with Gasteiger partial charge in [0, 0.05) is 43.5 Å². The van der Waals surface area contributed by atoms with E-state index in [0.717, 1.165) is 62.4 Å². The van der Waals surface area contributed by atoms with Crippen molar-refractivity contribution >= 4 is 11.6 Å². The van der Waals surface area contributed by atoms with E-state index in [4.69, 9.17) is 15.2 Å². The standard InChI is InChI=1S/C20H31N3O3/c1-25-17-10-16(11-18(12-17)26-2)23-9-6-15(14-23)13-22-19(24)20(21)7-4-3-5-8-20/h10-12,15H,3-9,13-14,21H2,1-2H3,(H,22,24). The van der Waals surface area contributed by atoms with Gasteiger partial charge in [0.25, 0.3) is 0 Å². The van der Waals surface area contributed by atoms with Gasteiger partial charge in [0.2, 0.25) is 5.91 Å². The molecule has 3 N–H and O–H groups in total. The minimum absolute atomic E-state index is 0.0266. The molecule has 144 valence electrons. The van der Waals surface area contributed by atoms with Gasteiger partial charge in [-0.1, -0.05) is 19.3 Å². The molecule has 1 aliphatic heterocycles. The molecular formula is C20H31N3O3. The van der Waals surface area contributed by atoms with E-state index in [0.29, 0.717) is 12.5 Å². The molecular weight excluding hydrogens is 330 g/mol. The van der Waals surface area contributed by atoms with Crippen LogP contribution in [0.4, 0.5) is 5.69 Å². The minimum Gasteiger partial charge on any atom is -0.497 e. The third kappa shape index (κ3) is 4.23. The van der Waals surface area contributed by atoms with E-state index in [-0.39, 0.29) is 5.91 Å². The van der Waals surface area contributed by atoms with E-state index < -0.39 is 5.54 Å². The summed E-state index contributed by atoms with van der Waals surface area (Å²) in [6.45, 7) is 2.56. The van der Waals surface area contributed by atoms with Gasteiger partial charge < -0.3 is 25.4 Å². The predicted octanol–water partition coefficient (Wildman–Crippen LogP) is 2.31. The molecule has 0 spiro atoms. The van der Waals surface area contributed by atoms with Crippen LogP contribution in [0.5, 0.6) is 11.5 Å². The van der Waals surface area contributed by atoms with Crippen molar-refractivity contribution in [3.63, 3.8) is 0 Å². The largest absolute Gasteiger partial charge is 0.497 e. The van der Waals surface area contributed by atoms with Crippen molar-refractivity contribution in [3.05, 3.63) is 18.2 Å². The number of nitrogens with two attached hydrogens (primary N) is 1. The van der Waals surface area contributed by atoms with Crippen molar-refractivity contribution in [1.82, 2.24) is 5.32 Å². The van der Waals surface area contributed by atoms with E-state index in [2.05, 4.69) is 10.2 Å². The first-order valence-electron chi connectivity index (χ1n) is 9.59. The van der Waals surface area contributed by atoms with Gasteiger partial charge in [-0.25, -0.2) is 0 Å². The van der Waals surface area contributed by atoms with E-state index in [1.165, 1.54) is 6.42 Å². The smallest absolute Gasteiger partial charge is 0.240 e. The summed E-state index contributed by atoms with van der Waals surface area (Å²) in [4.78, 5) is 14.8. The molecule has 26 heavy (non-hydrogen) atoms. The third-order valence-electron chi connectivity index (χ3n) is 5.74. The highest BCUT2D eigenvalue weighted by Crippen LogP contribution is 2.32. The predicted molar refractivity (Wildman–Crippen MR) is 103 cm³/mol. The Kier molecular flexibility index (Phi) is 5.91. The molecule has 1 aromatic rings. The number of hydrogen-bond donors (Lipinski definition) is 2. The number of carbonyl (C=O) groups is 1. The molecule has 3 rings (SSSR count). The second-order valence-electron chi connectivity index (χ2n) is 7.60. The van der Waals surface area contributed by atoms with E-state index in [1.807, 2.05) is 18.2 Å². The first-order chi connectivity index (χ1) is 12.5. The third-order valence-corrected chi connectivity index (χ3v) is 5.74. The maximum Gasteiger partial charge on any atom is 0.240 e. The van der Waals surface area contributed by atoms with Crippen LogP contribution in [0.3, 0.4) is 0 Å². The van der Waals surface area contributed by atoms with Crippen molar-refractivity contribution in [2.24, 2.45) is 11.7 Å². The molecule has 2 fully saturated rings. The van der Waals surface area contributed by atoms with E-state index >= 15 is 0 Å². The normalized spacial score (nSPS) is 22.1. The number of benzene rings is 1. The SMILES string of the molecule is COc1cc(OC)cc(N2CCC(CNC(=O)C3(N)CCCCC3)C2)c1. The van der Waals surface area contributed by atoms with Crippen molar-refractivity contribution in [3.8, 4) is 11.5 Å². The molecule has 6 nitrogen and oxygen atoms in total. The molecule has 1 saturated carbocycles.